The van der Waals surface area contributed by atoms with Crippen LogP contribution in [0.25, 0.3) is 0 Å². The van der Waals surface area contributed by atoms with Crippen molar-refractivity contribution >= 4 is 15.9 Å². The molecule has 0 saturated carbocycles. The Balaban J connectivity index is 2.49. The smallest absolute Gasteiger partial charge is 0.137 e. The average Bonchev–Trinajstić information content (AvgIpc) is 2.38. The quantitative estimate of drug-likeness (QED) is 0.740. The van der Waals surface area contributed by atoms with E-state index in [1.807, 2.05) is 13.1 Å². The second kappa shape index (κ2) is 8.62. The molecular formula is C14H21BrFNO. The van der Waals surface area contributed by atoms with Gasteiger partial charge in [-0.2, -0.15) is 0 Å². The van der Waals surface area contributed by atoms with Gasteiger partial charge in [-0.15, -0.1) is 0 Å². The minimum atomic E-state index is -0.204. The van der Waals surface area contributed by atoms with Gasteiger partial charge in [0.1, 0.15) is 5.82 Å². The van der Waals surface area contributed by atoms with Gasteiger partial charge in [0.05, 0.1) is 4.47 Å². The predicted molar refractivity (Wildman–Crippen MR) is 76.4 cm³/mol. The van der Waals surface area contributed by atoms with Gasteiger partial charge in [-0.05, 0) is 53.9 Å². The first-order valence-electron chi connectivity index (χ1n) is 6.37. The molecule has 0 radical (unpaired) electrons. The van der Waals surface area contributed by atoms with Crippen molar-refractivity contribution in [3.63, 3.8) is 0 Å². The maximum atomic E-state index is 13.4. The topological polar surface area (TPSA) is 21.3 Å². The number of likely N-dealkylation sites (N-methyl/N-ethyl adjacent to an activating group) is 1. The fourth-order valence-electron chi connectivity index (χ4n) is 1.79. The zero-order valence-electron chi connectivity index (χ0n) is 11.0. The van der Waals surface area contributed by atoms with E-state index in [2.05, 4.69) is 28.2 Å². The molecule has 0 saturated heterocycles. The Kier molecular flexibility index (Phi) is 7.47. The molecule has 2 nitrogen and oxygen atoms in total. The Morgan fingerprint density at radius 1 is 1.39 bits per heavy atom. The minimum Gasteiger partial charge on any atom is -0.381 e. The molecule has 4 heteroatoms. The van der Waals surface area contributed by atoms with E-state index in [4.69, 9.17) is 4.74 Å². The summed E-state index contributed by atoms with van der Waals surface area (Å²) < 4.78 is 19.4. The lowest BCUT2D eigenvalue weighted by Gasteiger charge is -2.17. The van der Waals surface area contributed by atoms with Crippen molar-refractivity contribution in [3.8, 4) is 0 Å². The summed E-state index contributed by atoms with van der Waals surface area (Å²) in [6, 6.07) is 5.46. The molecule has 18 heavy (non-hydrogen) atoms. The lowest BCUT2D eigenvalue weighted by atomic mass is 10.0. The van der Waals surface area contributed by atoms with Gasteiger partial charge in [-0.3, -0.25) is 0 Å². The maximum Gasteiger partial charge on any atom is 0.137 e. The zero-order chi connectivity index (χ0) is 13.4. The first-order chi connectivity index (χ1) is 8.69. The van der Waals surface area contributed by atoms with Gasteiger partial charge in [0, 0.05) is 19.3 Å². The largest absolute Gasteiger partial charge is 0.381 e. The van der Waals surface area contributed by atoms with Crippen molar-refractivity contribution in [1.29, 1.82) is 0 Å². The van der Waals surface area contributed by atoms with Crippen molar-refractivity contribution in [2.45, 2.75) is 32.2 Å². The predicted octanol–water partition coefficient (Wildman–Crippen LogP) is 3.54. The Hall–Kier alpha value is -0.450. The molecule has 0 aliphatic carbocycles. The maximum absolute atomic E-state index is 13.4. The highest BCUT2D eigenvalue weighted by molar-refractivity contribution is 9.10. The van der Waals surface area contributed by atoms with Crippen LogP contribution < -0.4 is 5.32 Å². The number of nitrogens with one attached hydrogen (secondary N) is 1. The Morgan fingerprint density at radius 2 is 2.17 bits per heavy atom. The summed E-state index contributed by atoms with van der Waals surface area (Å²) in [4.78, 5) is 0. The number of rotatable bonds is 8. The summed E-state index contributed by atoms with van der Waals surface area (Å²) in [6.45, 7) is 3.64. The van der Waals surface area contributed by atoms with Gasteiger partial charge in [-0.25, -0.2) is 4.39 Å². The molecule has 1 N–H and O–H groups in total. The van der Waals surface area contributed by atoms with E-state index in [0.29, 0.717) is 10.5 Å². The average molecular weight is 318 g/mol. The van der Waals surface area contributed by atoms with Gasteiger partial charge < -0.3 is 10.1 Å². The second-order valence-corrected chi connectivity index (χ2v) is 5.10. The van der Waals surface area contributed by atoms with Crippen LogP contribution in [0.15, 0.2) is 22.7 Å². The lowest BCUT2D eigenvalue weighted by Crippen LogP contribution is -2.29. The molecule has 0 aliphatic heterocycles. The Bertz CT molecular complexity index is 360. The molecule has 0 bridgehead atoms. The van der Waals surface area contributed by atoms with Gasteiger partial charge in [0.15, 0.2) is 0 Å². The molecule has 0 amide bonds. The van der Waals surface area contributed by atoms with Crippen molar-refractivity contribution < 1.29 is 9.13 Å². The molecule has 1 aromatic rings. The van der Waals surface area contributed by atoms with E-state index in [0.717, 1.165) is 38.0 Å². The highest BCUT2D eigenvalue weighted by atomic mass is 79.9. The summed E-state index contributed by atoms with van der Waals surface area (Å²) in [7, 11) is 1.93. The van der Waals surface area contributed by atoms with Crippen LogP contribution in [-0.2, 0) is 11.2 Å². The molecule has 0 heterocycles. The van der Waals surface area contributed by atoms with E-state index in [-0.39, 0.29) is 5.82 Å². The fourth-order valence-corrected chi connectivity index (χ4v) is 2.22. The van der Waals surface area contributed by atoms with Crippen LogP contribution in [0.4, 0.5) is 4.39 Å². The summed E-state index contributed by atoms with van der Waals surface area (Å²) >= 11 is 3.30. The molecule has 1 unspecified atom stereocenters. The fraction of sp³-hybridized carbons (Fsp3) is 0.571. The number of ether oxygens (including phenoxy) is 1. The normalized spacial score (nSPS) is 12.7. The molecule has 1 rings (SSSR count). The third kappa shape index (κ3) is 5.04. The first-order valence-corrected chi connectivity index (χ1v) is 7.16. The molecule has 102 valence electrons. The molecule has 0 fully saturated rings. The molecule has 0 aliphatic rings. The molecule has 1 aromatic carbocycles. The zero-order valence-corrected chi connectivity index (χ0v) is 12.6. The summed E-state index contributed by atoms with van der Waals surface area (Å²) in [5, 5.41) is 3.25. The molecular weight excluding hydrogens is 297 g/mol. The van der Waals surface area contributed by atoms with Crippen molar-refractivity contribution in [2.24, 2.45) is 0 Å². The van der Waals surface area contributed by atoms with E-state index in [1.54, 1.807) is 6.07 Å². The van der Waals surface area contributed by atoms with Crippen LogP contribution >= 0.6 is 15.9 Å². The van der Waals surface area contributed by atoms with E-state index in [9.17, 15) is 4.39 Å². The van der Waals surface area contributed by atoms with Crippen molar-refractivity contribution in [1.82, 2.24) is 5.32 Å². The van der Waals surface area contributed by atoms with E-state index >= 15 is 0 Å². The number of halogens is 2. The van der Waals surface area contributed by atoms with E-state index in [1.165, 1.54) is 6.07 Å². The minimum absolute atomic E-state index is 0.204. The SMILES string of the molecule is CCCOCCC(Cc1cccc(F)c1Br)NC. The van der Waals surface area contributed by atoms with Crippen LogP contribution in [0.1, 0.15) is 25.3 Å². The van der Waals surface area contributed by atoms with Crippen molar-refractivity contribution in [2.75, 3.05) is 20.3 Å². The standard InChI is InChI=1S/C14H21BrFNO/c1-3-8-18-9-7-12(17-2)10-11-5-4-6-13(16)14(11)15/h4-6,12,17H,3,7-10H2,1-2H3. The van der Waals surface area contributed by atoms with Crippen LogP contribution in [0.2, 0.25) is 0 Å². The van der Waals surface area contributed by atoms with Crippen LogP contribution in [0.5, 0.6) is 0 Å². The molecule has 0 aromatic heterocycles. The highest BCUT2D eigenvalue weighted by Crippen LogP contribution is 2.22. The Labute approximate surface area is 117 Å². The number of hydrogen-bond acceptors (Lipinski definition) is 2. The third-order valence-electron chi connectivity index (χ3n) is 2.87. The van der Waals surface area contributed by atoms with Gasteiger partial charge in [0.2, 0.25) is 0 Å². The summed E-state index contributed by atoms with van der Waals surface area (Å²) in [5.74, 6) is -0.204. The highest BCUT2D eigenvalue weighted by Gasteiger charge is 2.11. The third-order valence-corrected chi connectivity index (χ3v) is 3.75. The van der Waals surface area contributed by atoms with Crippen LogP contribution in [-0.4, -0.2) is 26.3 Å². The van der Waals surface area contributed by atoms with Crippen LogP contribution in [0.3, 0.4) is 0 Å². The molecule has 0 spiro atoms. The van der Waals surface area contributed by atoms with Gasteiger partial charge in [-0.1, -0.05) is 19.1 Å². The summed E-state index contributed by atoms with van der Waals surface area (Å²) in [6.07, 6.45) is 2.77. The monoisotopic (exact) mass is 317 g/mol. The van der Waals surface area contributed by atoms with Crippen LogP contribution in [0, 0.1) is 5.82 Å². The van der Waals surface area contributed by atoms with Crippen molar-refractivity contribution in [3.05, 3.63) is 34.1 Å². The molecule has 1 atom stereocenters. The second-order valence-electron chi connectivity index (χ2n) is 4.30. The first kappa shape index (κ1) is 15.6. The number of benzene rings is 1. The van der Waals surface area contributed by atoms with Gasteiger partial charge >= 0.3 is 0 Å². The summed E-state index contributed by atoms with van der Waals surface area (Å²) in [5.41, 5.74) is 0.991. The van der Waals surface area contributed by atoms with E-state index < -0.39 is 0 Å². The van der Waals surface area contributed by atoms with Gasteiger partial charge in [0.25, 0.3) is 0 Å². The lowest BCUT2D eigenvalue weighted by molar-refractivity contribution is 0.125. The number of hydrogen-bond donors (Lipinski definition) is 1. The Morgan fingerprint density at radius 3 is 2.83 bits per heavy atom.